The molecule has 0 radical (unpaired) electrons. The van der Waals surface area contributed by atoms with Crippen LogP contribution >= 0.6 is 0 Å². The highest BCUT2D eigenvalue weighted by Gasteiger charge is 2.20. The summed E-state index contributed by atoms with van der Waals surface area (Å²) in [5.74, 6) is 0.908. The van der Waals surface area contributed by atoms with E-state index in [0.29, 0.717) is 17.9 Å². The van der Waals surface area contributed by atoms with Gasteiger partial charge in [0.15, 0.2) is 5.96 Å². The van der Waals surface area contributed by atoms with Crippen molar-refractivity contribution in [1.82, 2.24) is 20.3 Å². The minimum absolute atomic E-state index is 0.408. The van der Waals surface area contributed by atoms with Crippen molar-refractivity contribution in [3.05, 3.63) is 47.3 Å². The van der Waals surface area contributed by atoms with Crippen LogP contribution in [0.4, 0.5) is 0 Å². The van der Waals surface area contributed by atoms with Crippen molar-refractivity contribution in [2.45, 2.75) is 13.1 Å². The number of esters is 1. The Labute approximate surface area is 170 Å². The molecule has 0 spiro atoms. The lowest BCUT2D eigenvalue weighted by atomic mass is 10.1. The van der Waals surface area contributed by atoms with Crippen molar-refractivity contribution in [1.29, 1.82) is 0 Å². The second-order valence-corrected chi connectivity index (χ2v) is 6.68. The van der Waals surface area contributed by atoms with Crippen molar-refractivity contribution < 1.29 is 18.8 Å². The van der Waals surface area contributed by atoms with Gasteiger partial charge in [-0.25, -0.2) is 4.79 Å². The van der Waals surface area contributed by atoms with Crippen LogP contribution in [0, 0.1) is 0 Å². The van der Waals surface area contributed by atoms with Gasteiger partial charge in [-0.2, -0.15) is 0 Å². The summed E-state index contributed by atoms with van der Waals surface area (Å²) in [6, 6.07) is 7.36. The van der Waals surface area contributed by atoms with Gasteiger partial charge in [-0.05, 0) is 17.7 Å². The number of carbonyl (C=O) groups excluding carboxylic acids is 1. The van der Waals surface area contributed by atoms with E-state index in [2.05, 4.69) is 25.3 Å². The molecular weight excluding hydrogens is 374 g/mol. The van der Waals surface area contributed by atoms with Gasteiger partial charge in [-0.15, -0.1) is 0 Å². The number of ether oxygens (including phenoxy) is 2. The topological polar surface area (TPSA) is 92.4 Å². The molecule has 1 aliphatic rings. The molecule has 1 fully saturated rings. The summed E-state index contributed by atoms with van der Waals surface area (Å²) in [6.45, 7) is 4.91. The van der Waals surface area contributed by atoms with Gasteiger partial charge in [-0.1, -0.05) is 11.2 Å². The van der Waals surface area contributed by atoms with Crippen LogP contribution in [0.15, 0.2) is 40.0 Å². The fraction of sp³-hybridized carbons (Fsp3) is 0.450. The maximum Gasteiger partial charge on any atom is 0.341 e. The predicted molar refractivity (Wildman–Crippen MR) is 108 cm³/mol. The minimum Gasteiger partial charge on any atom is -0.496 e. The van der Waals surface area contributed by atoms with E-state index in [1.807, 2.05) is 12.1 Å². The lowest BCUT2D eigenvalue weighted by Crippen LogP contribution is -2.52. The van der Waals surface area contributed by atoms with Crippen LogP contribution in [0.3, 0.4) is 0 Å². The van der Waals surface area contributed by atoms with Crippen LogP contribution in [0.25, 0.3) is 0 Å². The Balaban J connectivity index is 1.55. The number of carbonyl (C=O) groups is 1. The fourth-order valence-corrected chi connectivity index (χ4v) is 3.31. The smallest absolute Gasteiger partial charge is 0.341 e. The van der Waals surface area contributed by atoms with Crippen LogP contribution in [-0.4, -0.2) is 74.3 Å². The number of piperazine rings is 1. The number of hydrogen-bond acceptors (Lipinski definition) is 7. The Hall–Kier alpha value is -3.07. The first-order valence-corrected chi connectivity index (χ1v) is 9.47. The van der Waals surface area contributed by atoms with E-state index in [1.54, 1.807) is 25.4 Å². The zero-order chi connectivity index (χ0) is 20.6. The molecule has 1 aliphatic heterocycles. The monoisotopic (exact) mass is 401 g/mol. The number of nitrogens with one attached hydrogen (secondary N) is 1. The SMILES string of the molecule is CN=C(NCc1ccc(OC)c(C(=O)OC)c1)N1CCN(Cc2ccon2)CC1. The van der Waals surface area contributed by atoms with Gasteiger partial charge in [0.05, 0.1) is 19.9 Å². The number of nitrogens with zero attached hydrogens (tertiary/aromatic N) is 4. The molecule has 0 aliphatic carbocycles. The number of hydrogen-bond donors (Lipinski definition) is 1. The van der Waals surface area contributed by atoms with Gasteiger partial charge in [0, 0.05) is 52.4 Å². The second kappa shape index (κ2) is 9.92. The molecule has 0 unspecified atom stereocenters. The average molecular weight is 401 g/mol. The summed E-state index contributed by atoms with van der Waals surface area (Å²) in [4.78, 5) is 20.9. The van der Waals surface area contributed by atoms with Gasteiger partial charge in [0.1, 0.15) is 17.6 Å². The molecule has 0 amide bonds. The molecule has 3 rings (SSSR count). The maximum atomic E-state index is 12.0. The Morgan fingerprint density at radius 2 is 2.03 bits per heavy atom. The molecule has 1 aromatic heterocycles. The molecule has 0 bridgehead atoms. The molecule has 29 heavy (non-hydrogen) atoms. The van der Waals surface area contributed by atoms with Crippen LogP contribution in [-0.2, 0) is 17.8 Å². The van der Waals surface area contributed by atoms with Crippen LogP contribution in [0.5, 0.6) is 5.75 Å². The molecule has 9 nitrogen and oxygen atoms in total. The minimum atomic E-state index is -0.420. The highest BCUT2D eigenvalue weighted by Crippen LogP contribution is 2.21. The van der Waals surface area contributed by atoms with Gasteiger partial charge < -0.3 is 24.2 Å². The standard InChI is InChI=1S/C20H27N5O4/c1-21-20(25-9-7-24(8-10-25)14-16-6-11-29-23-16)22-13-15-4-5-18(27-2)17(12-15)19(26)28-3/h4-6,11-12H,7-10,13-14H2,1-3H3,(H,21,22). The molecular formula is C20H27N5O4. The summed E-state index contributed by atoms with van der Waals surface area (Å²) in [6.07, 6.45) is 1.60. The maximum absolute atomic E-state index is 12.0. The van der Waals surface area contributed by atoms with E-state index in [-0.39, 0.29) is 0 Å². The number of aromatic nitrogens is 1. The summed E-state index contributed by atoms with van der Waals surface area (Å²) in [5, 5.41) is 7.35. The van der Waals surface area contributed by atoms with Crippen LogP contribution in [0.2, 0.25) is 0 Å². The second-order valence-electron chi connectivity index (χ2n) is 6.68. The van der Waals surface area contributed by atoms with Crippen molar-refractivity contribution in [3.63, 3.8) is 0 Å². The zero-order valence-electron chi connectivity index (χ0n) is 17.1. The van der Waals surface area contributed by atoms with Crippen molar-refractivity contribution in [2.24, 2.45) is 4.99 Å². The van der Waals surface area contributed by atoms with Gasteiger partial charge >= 0.3 is 5.97 Å². The Bertz CT molecular complexity index is 829. The largest absolute Gasteiger partial charge is 0.496 e. The first-order valence-electron chi connectivity index (χ1n) is 9.47. The van der Waals surface area contributed by atoms with Crippen molar-refractivity contribution >= 4 is 11.9 Å². The van der Waals surface area contributed by atoms with Gasteiger partial charge in [-0.3, -0.25) is 9.89 Å². The molecule has 156 valence electrons. The van der Waals surface area contributed by atoms with E-state index < -0.39 is 5.97 Å². The number of rotatable bonds is 6. The molecule has 1 N–H and O–H groups in total. The van der Waals surface area contributed by atoms with Crippen molar-refractivity contribution in [3.8, 4) is 5.75 Å². The summed E-state index contributed by atoms with van der Waals surface area (Å²) in [7, 11) is 4.67. The molecule has 2 aromatic rings. The van der Waals surface area contributed by atoms with Crippen LogP contribution < -0.4 is 10.1 Å². The molecule has 2 heterocycles. The Morgan fingerprint density at radius 3 is 2.66 bits per heavy atom. The van der Waals surface area contributed by atoms with E-state index in [4.69, 9.17) is 14.0 Å². The number of methoxy groups -OCH3 is 2. The van der Waals surface area contributed by atoms with E-state index >= 15 is 0 Å². The average Bonchev–Trinajstić information content (AvgIpc) is 3.27. The summed E-state index contributed by atoms with van der Waals surface area (Å²) >= 11 is 0. The molecule has 1 saturated heterocycles. The van der Waals surface area contributed by atoms with Gasteiger partial charge in [0.25, 0.3) is 0 Å². The quantitative estimate of drug-likeness (QED) is 0.441. The molecule has 0 saturated carbocycles. The van der Waals surface area contributed by atoms with E-state index in [1.165, 1.54) is 14.2 Å². The molecule has 9 heteroatoms. The van der Waals surface area contributed by atoms with E-state index in [9.17, 15) is 4.79 Å². The number of guanidine groups is 1. The third-order valence-corrected chi connectivity index (χ3v) is 4.88. The van der Waals surface area contributed by atoms with Crippen molar-refractivity contribution in [2.75, 3.05) is 47.4 Å². The highest BCUT2D eigenvalue weighted by atomic mass is 16.5. The Morgan fingerprint density at radius 1 is 1.24 bits per heavy atom. The first kappa shape index (κ1) is 20.7. The fourth-order valence-electron chi connectivity index (χ4n) is 3.31. The highest BCUT2D eigenvalue weighted by molar-refractivity contribution is 5.92. The van der Waals surface area contributed by atoms with Gasteiger partial charge in [0.2, 0.25) is 0 Å². The number of aliphatic imine (C=N–C) groups is 1. The number of benzene rings is 1. The van der Waals surface area contributed by atoms with Crippen LogP contribution in [0.1, 0.15) is 21.6 Å². The predicted octanol–water partition coefficient (Wildman–Crippen LogP) is 1.36. The third kappa shape index (κ3) is 5.26. The Kier molecular flexibility index (Phi) is 7.07. The first-order chi connectivity index (χ1) is 14.1. The lowest BCUT2D eigenvalue weighted by Gasteiger charge is -2.36. The summed E-state index contributed by atoms with van der Waals surface area (Å²) < 4.78 is 15.0. The molecule has 1 aromatic carbocycles. The normalized spacial score (nSPS) is 15.3. The zero-order valence-corrected chi connectivity index (χ0v) is 17.1. The lowest BCUT2D eigenvalue weighted by molar-refractivity contribution is 0.0597. The molecule has 0 atom stereocenters. The summed E-state index contributed by atoms with van der Waals surface area (Å²) in [5.41, 5.74) is 2.30. The van der Waals surface area contributed by atoms with E-state index in [0.717, 1.165) is 49.9 Å². The third-order valence-electron chi connectivity index (χ3n) is 4.88.